The van der Waals surface area contributed by atoms with Crippen LogP contribution >= 0.6 is 0 Å². The van der Waals surface area contributed by atoms with E-state index in [0.717, 1.165) is 18.6 Å². The van der Waals surface area contributed by atoms with Gasteiger partial charge >= 0.3 is 0 Å². The third-order valence-corrected chi connectivity index (χ3v) is 6.35. The quantitative estimate of drug-likeness (QED) is 0.415. The molecule has 2 aromatic rings. The Balaban J connectivity index is 1.58. The van der Waals surface area contributed by atoms with Crippen molar-refractivity contribution in [1.29, 1.82) is 5.26 Å². The number of hydrogen-bond acceptors (Lipinski definition) is 2. The van der Waals surface area contributed by atoms with Crippen molar-refractivity contribution in [3.05, 3.63) is 64.7 Å². The van der Waals surface area contributed by atoms with Crippen LogP contribution in [0, 0.1) is 11.3 Å². The lowest BCUT2D eigenvalue weighted by atomic mass is 9.76. The summed E-state index contributed by atoms with van der Waals surface area (Å²) in [4.78, 5) is 0. The normalized spacial score (nSPS) is 18.9. The molecule has 3 rings (SSSR count). The van der Waals surface area contributed by atoms with Crippen LogP contribution < -0.4 is 4.74 Å². The molecule has 29 heavy (non-hydrogen) atoms. The third-order valence-electron chi connectivity index (χ3n) is 6.35. The SMILES string of the molecule is CCCCOc1ccc(C2CCC(c3ccc(CCCC)cc3)CC2)cc1C#N. The van der Waals surface area contributed by atoms with Crippen molar-refractivity contribution >= 4 is 0 Å². The summed E-state index contributed by atoms with van der Waals surface area (Å²) in [7, 11) is 0. The summed E-state index contributed by atoms with van der Waals surface area (Å²) in [5.41, 5.74) is 4.96. The first-order valence-corrected chi connectivity index (χ1v) is 11.5. The highest BCUT2D eigenvalue weighted by atomic mass is 16.5. The van der Waals surface area contributed by atoms with Gasteiger partial charge in [0.25, 0.3) is 0 Å². The molecule has 0 heterocycles. The van der Waals surface area contributed by atoms with Crippen molar-refractivity contribution in [2.45, 2.75) is 83.5 Å². The predicted molar refractivity (Wildman–Crippen MR) is 121 cm³/mol. The number of nitrogens with zero attached hydrogens (tertiary/aromatic N) is 1. The van der Waals surface area contributed by atoms with Crippen LogP contribution in [0.5, 0.6) is 5.75 Å². The number of unbranched alkanes of at least 4 members (excludes halogenated alkanes) is 2. The predicted octanol–water partition coefficient (Wildman–Crippen LogP) is 7.52. The monoisotopic (exact) mass is 389 g/mol. The molecule has 2 nitrogen and oxygen atoms in total. The second-order valence-corrected chi connectivity index (χ2v) is 8.46. The summed E-state index contributed by atoms with van der Waals surface area (Å²) in [6, 6.07) is 17.9. The maximum atomic E-state index is 9.53. The zero-order valence-electron chi connectivity index (χ0n) is 18.1. The zero-order valence-corrected chi connectivity index (χ0v) is 18.1. The summed E-state index contributed by atoms with van der Waals surface area (Å²) in [5.74, 6) is 1.98. The second kappa shape index (κ2) is 11.1. The topological polar surface area (TPSA) is 33.0 Å². The van der Waals surface area contributed by atoms with Crippen LogP contribution in [0.4, 0.5) is 0 Å². The smallest absolute Gasteiger partial charge is 0.137 e. The number of rotatable bonds is 9. The Morgan fingerprint density at radius 3 is 2.10 bits per heavy atom. The fraction of sp³-hybridized carbons (Fsp3) is 0.519. The van der Waals surface area contributed by atoms with E-state index in [2.05, 4.69) is 56.3 Å². The zero-order chi connectivity index (χ0) is 20.5. The van der Waals surface area contributed by atoms with E-state index in [-0.39, 0.29) is 0 Å². The van der Waals surface area contributed by atoms with E-state index < -0.39 is 0 Å². The Morgan fingerprint density at radius 2 is 1.48 bits per heavy atom. The largest absolute Gasteiger partial charge is 0.492 e. The maximum absolute atomic E-state index is 9.53. The first kappa shape index (κ1) is 21.4. The molecule has 1 fully saturated rings. The summed E-state index contributed by atoms with van der Waals surface area (Å²) in [5, 5.41) is 9.53. The van der Waals surface area contributed by atoms with Gasteiger partial charge in [-0.25, -0.2) is 0 Å². The Morgan fingerprint density at radius 1 is 0.862 bits per heavy atom. The fourth-order valence-electron chi connectivity index (χ4n) is 4.44. The lowest BCUT2D eigenvalue weighted by molar-refractivity contribution is 0.308. The standard InChI is InChI=1S/C27H35NO/c1-3-5-7-21-8-10-22(11-9-21)23-12-14-24(15-13-23)25-16-17-27(26(19-25)20-28)29-18-6-4-2/h8-11,16-17,19,23-24H,3-7,12-15,18H2,1-2H3. The Labute approximate surface area is 176 Å². The van der Waals surface area contributed by atoms with Crippen LogP contribution in [0.25, 0.3) is 0 Å². The van der Waals surface area contributed by atoms with Crippen LogP contribution in [0.1, 0.15) is 99.3 Å². The minimum Gasteiger partial charge on any atom is -0.492 e. The first-order valence-electron chi connectivity index (χ1n) is 11.5. The summed E-state index contributed by atoms with van der Waals surface area (Å²) in [6.45, 7) is 5.08. The molecule has 0 N–H and O–H groups in total. The van der Waals surface area contributed by atoms with E-state index in [1.807, 2.05) is 6.07 Å². The average molecular weight is 390 g/mol. The molecule has 1 saturated carbocycles. The van der Waals surface area contributed by atoms with Gasteiger partial charge in [0.1, 0.15) is 11.8 Å². The highest BCUT2D eigenvalue weighted by Gasteiger charge is 2.24. The molecule has 0 unspecified atom stereocenters. The van der Waals surface area contributed by atoms with Crippen LogP contribution in [-0.4, -0.2) is 6.61 Å². The van der Waals surface area contributed by atoms with Crippen LogP contribution in [-0.2, 0) is 6.42 Å². The van der Waals surface area contributed by atoms with Crippen molar-refractivity contribution in [2.75, 3.05) is 6.61 Å². The third kappa shape index (κ3) is 5.86. The van der Waals surface area contributed by atoms with Crippen molar-refractivity contribution in [2.24, 2.45) is 0 Å². The summed E-state index contributed by atoms with van der Waals surface area (Å²) < 4.78 is 5.80. The number of aryl methyl sites for hydroxylation is 1. The minimum atomic E-state index is 0.562. The van der Waals surface area contributed by atoms with Gasteiger partial charge in [0.05, 0.1) is 12.2 Å². The van der Waals surface area contributed by atoms with Crippen molar-refractivity contribution < 1.29 is 4.74 Å². The molecule has 2 heteroatoms. The molecule has 0 atom stereocenters. The average Bonchev–Trinajstić information content (AvgIpc) is 2.78. The minimum absolute atomic E-state index is 0.562. The Bertz CT molecular complexity index is 794. The van der Waals surface area contributed by atoms with Crippen LogP contribution in [0.2, 0.25) is 0 Å². The molecule has 0 saturated heterocycles. The molecule has 2 aromatic carbocycles. The van der Waals surface area contributed by atoms with Gasteiger partial charge in [-0.3, -0.25) is 0 Å². The number of benzene rings is 2. The number of hydrogen-bond donors (Lipinski definition) is 0. The molecule has 0 bridgehead atoms. The highest BCUT2D eigenvalue weighted by Crippen LogP contribution is 2.41. The van der Waals surface area contributed by atoms with Gasteiger partial charge in [-0.2, -0.15) is 5.26 Å². The second-order valence-electron chi connectivity index (χ2n) is 8.46. The van der Waals surface area contributed by atoms with E-state index >= 15 is 0 Å². The van der Waals surface area contributed by atoms with Gasteiger partial charge in [-0.1, -0.05) is 57.0 Å². The molecule has 0 radical (unpaired) electrons. The molecule has 1 aliphatic rings. The van der Waals surface area contributed by atoms with Gasteiger partial charge in [-0.15, -0.1) is 0 Å². The maximum Gasteiger partial charge on any atom is 0.137 e. The Kier molecular flexibility index (Phi) is 8.17. The lowest BCUT2D eigenvalue weighted by Crippen LogP contribution is -2.12. The molecule has 0 spiro atoms. The van der Waals surface area contributed by atoms with Crippen molar-refractivity contribution in [3.63, 3.8) is 0 Å². The summed E-state index contributed by atoms with van der Waals surface area (Å²) >= 11 is 0. The van der Waals surface area contributed by atoms with E-state index in [0.29, 0.717) is 24.0 Å². The van der Waals surface area contributed by atoms with E-state index in [1.165, 1.54) is 61.6 Å². The highest BCUT2D eigenvalue weighted by molar-refractivity contribution is 5.46. The molecule has 0 amide bonds. The van der Waals surface area contributed by atoms with Gasteiger partial charge < -0.3 is 4.74 Å². The van der Waals surface area contributed by atoms with E-state index in [4.69, 9.17) is 4.74 Å². The van der Waals surface area contributed by atoms with Gasteiger partial charge in [0.15, 0.2) is 0 Å². The molecule has 1 aliphatic carbocycles. The van der Waals surface area contributed by atoms with Crippen molar-refractivity contribution in [1.82, 2.24) is 0 Å². The van der Waals surface area contributed by atoms with Crippen LogP contribution in [0.3, 0.4) is 0 Å². The molecule has 0 aliphatic heterocycles. The van der Waals surface area contributed by atoms with Gasteiger partial charge in [0, 0.05) is 0 Å². The molecular formula is C27H35NO. The number of nitriles is 1. The van der Waals surface area contributed by atoms with Gasteiger partial charge in [-0.05, 0) is 85.6 Å². The lowest BCUT2D eigenvalue weighted by Gasteiger charge is -2.29. The van der Waals surface area contributed by atoms with Gasteiger partial charge in [0.2, 0.25) is 0 Å². The first-order chi connectivity index (χ1) is 14.2. The van der Waals surface area contributed by atoms with Crippen molar-refractivity contribution in [3.8, 4) is 11.8 Å². The fourth-order valence-corrected chi connectivity index (χ4v) is 4.44. The van der Waals surface area contributed by atoms with E-state index in [1.54, 1.807) is 0 Å². The summed E-state index contributed by atoms with van der Waals surface area (Å²) in [6.07, 6.45) is 10.7. The molecule has 0 aromatic heterocycles. The van der Waals surface area contributed by atoms with E-state index in [9.17, 15) is 5.26 Å². The Hall–Kier alpha value is -2.27. The molecule has 154 valence electrons. The molecular weight excluding hydrogens is 354 g/mol. The van der Waals surface area contributed by atoms with Crippen LogP contribution in [0.15, 0.2) is 42.5 Å². The number of ether oxygens (including phenoxy) is 1.